The largest absolute Gasteiger partial charge is 0.307 e. The standard InChI is InChI=1S/C12H19N3OS/c1-8(2)12-14-11(17-15-12)7-10(16)9-5-3-4-6-13-9/h8-9,13H,3-7H2,1-2H3/t9-/m0/s1. The van der Waals surface area contributed by atoms with Gasteiger partial charge in [0.25, 0.3) is 0 Å². The van der Waals surface area contributed by atoms with E-state index < -0.39 is 0 Å². The summed E-state index contributed by atoms with van der Waals surface area (Å²) in [5.74, 6) is 1.45. The van der Waals surface area contributed by atoms with Gasteiger partial charge >= 0.3 is 0 Å². The van der Waals surface area contributed by atoms with Crippen molar-refractivity contribution in [2.45, 2.75) is 51.5 Å². The Labute approximate surface area is 106 Å². The van der Waals surface area contributed by atoms with E-state index in [1.807, 2.05) is 0 Å². The van der Waals surface area contributed by atoms with Crippen LogP contribution in [0.4, 0.5) is 0 Å². The number of hydrogen-bond acceptors (Lipinski definition) is 5. The van der Waals surface area contributed by atoms with Crippen molar-refractivity contribution >= 4 is 17.3 Å². The number of rotatable bonds is 4. The molecular formula is C12H19N3OS. The maximum atomic E-state index is 12.0. The molecule has 5 heteroatoms. The van der Waals surface area contributed by atoms with Crippen molar-refractivity contribution in [1.82, 2.24) is 14.7 Å². The number of hydrogen-bond donors (Lipinski definition) is 1. The van der Waals surface area contributed by atoms with Crippen molar-refractivity contribution in [1.29, 1.82) is 0 Å². The Morgan fingerprint density at radius 2 is 2.35 bits per heavy atom. The van der Waals surface area contributed by atoms with Gasteiger partial charge in [-0.25, -0.2) is 4.98 Å². The molecule has 1 aromatic heterocycles. The molecule has 0 aliphatic carbocycles. The first kappa shape index (κ1) is 12.6. The first-order chi connectivity index (χ1) is 8.16. The Morgan fingerprint density at radius 3 is 2.94 bits per heavy atom. The summed E-state index contributed by atoms with van der Waals surface area (Å²) in [4.78, 5) is 16.4. The lowest BCUT2D eigenvalue weighted by molar-refractivity contribution is -0.120. The molecule has 17 heavy (non-hydrogen) atoms. The number of carbonyl (C=O) groups is 1. The van der Waals surface area contributed by atoms with E-state index in [4.69, 9.17) is 0 Å². The highest BCUT2D eigenvalue weighted by Gasteiger charge is 2.22. The van der Waals surface area contributed by atoms with E-state index in [2.05, 4.69) is 28.5 Å². The highest BCUT2D eigenvalue weighted by Crippen LogP contribution is 2.16. The molecule has 0 amide bonds. The van der Waals surface area contributed by atoms with Gasteiger partial charge in [0.05, 0.1) is 12.5 Å². The Bertz CT molecular complexity index is 383. The molecule has 2 heterocycles. The summed E-state index contributed by atoms with van der Waals surface area (Å²) >= 11 is 1.36. The van der Waals surface area contributed by atoms with Gasteiger partial charge in [-0.2, -0.15) is 4.37 Å². The van der Waals surface area contributed by atoms with Crippen molar-refractivity contribution in [2.75, 3.05) is 6.54 Å². The number of carbonyl (C=O) groups excluding carboxylic acids is 1. The van der Waals surface area contributed by atoms with Crippen molar-refractivity contribution < 1.29 is 4.79 Å². The summed E-state index contributed by atoms with van der Waals surface area (Å²) in [5, 5.41) is 4.13. The topological polar surface area (TPSA) is 54.9 Å². The number of nitrogens with one attached hydrogen (secondary N) is 1. The predicted octanol–water partition coefficient (Wildman–Crippen LogP) is 1.92. The SMILES string of the molecule is CC(C)c1nsc(CC(=O)[C@@H]2CCCCN2)n1. The highest BCUT2D eigenvalue weighted by atomic mass is 32.1. The number of ketones is 1. The van der Waals surface area contributed by atoms with Gasteiger partial charge in [0.2, 0.25) is 0 Å². The van der Waals surface area contributed by atoms with E-state index in [9.17, 15) is 4.79 Å². The molecule has 94 valence electrons. The van der Waals surface area contributed by atoms with Crippen LogP contribution in [0.2, 0.25) is 0 Å². The van der Waals surface area contributed by atoms with Crippen LogP contribution < -0.4 is 5.32 Å². The predicted molar refractivity (Wildman–Crippen MR) is 68.4 cm³/mol. The van der Waals surface area contributed by atoms with Crippen LogP contribution >= 0.6 is 11.5 Å². The van der Waals surface area contributed by atoms with E-state index in [0.717, 1.165) is 30.2 Å². The number of piperidine rings is 1. The molecule has 1 fully saturated rings. The molecule has 1 atom stereocenters. The smallest absolute Gasteiger partial charge is 0.156 e. The molecule has 0 unspecified atom stereocenters. The van der Waals surface area contributed by atoms with Crippen LogP contribution in [0, 0.1) is 0 Å². The lowest BCUT2D eigenvalue weighted by Gasteiger charge is -2.21. The van der Waals surface area contributed by atoms with Gasteiger partial charge in [0.15, 0.2) is 5.78 Å². The van der Waals surface area contributed by atoms with Gasteiger partial charge in [0, 0.05) is 5.92 Å². The maximum Gasteiger partial charge on any atom is 0.156 e. The highest BCUT2D eigenvalue weighted by molar-refractivity contribution is 7.05. The Balaban J connectivity index is 1.92. The monoisotopic (exact) mass is 253 g/mol. The summed E-state index contributed by atoms with van der Waals surface area (Å²) in [5.41, 5.74) is 0. The molecule has 1 aromatic rings. The lowest BCUT2D eigenvalue weighted by Crippen LogP contribution is -2.41. The van der Waals surface area contributed by atoms with E-state index in [0.29, 0.717) is 12.3 Å². The van der Waals surface area contributed by atoms with E-state index in [1.54, 1.807) is 0 Å². The van der Waals surface area contributed by atoms with Crippen LogP contribution in [0.1, 0.15) is 49.9 Å². The minimum atomic E-state index is 0.0372. The molecule has 0 bridgehead atoms. The molecule has 0 radical (unpaired) electrons. The normalized spacial score (nSPS) is 20.8. The second kappa shape index (κ2) is 5.69. The summed E-state index contributed by atoms with van der Waals surface area (Å²) < 4.78 is 4.27. The van der Waals surface area contributed by atoms with Crippen LogP contribution in [-0.4, -0.2) is 27.7 Å². The first-order valence-corrected chi connectivity index (χ1v) is 7.02. The molecular weight excluding hydrogens is 234 g/mol. The molecule has 1 aliphatic heterocycles. The zero-order valence-corrected chi connectivity index (χ0v) is 11.2. The molecule has 2 rings (SSSR count). The minimum Gasteiger partial charge on any atom is -0.307 e. The second-order valence-electron chi connectivity index (χ2n) is 4.85. The van der Waals surface area contributed by atoms with Gasteiger partial charge < -0.3 is 5.32 Å². The summed E-state index contributed by atoms with van der Waals surface area (Å²) in [7, 11) is 0. The van der Waals surface area contributed by atoms with Gasteiger partial charge in [-0.15, -0.1) is 0 Å². The molecule has 0 aromatic carbocycles. The molecule has 0 saturated carbocycles. The molecule has 0 spiro atoms. The average molecular weight is 253 g/mol. The van der Waals surface area contributed by atoms with Gasteiger partial charge in [-0.3, -0.25) is 4.79 Å². The Hall–Kier alpha value is -0.810. The van der Waals surface area contributed by atoms with Crippen molar-refractivity contribution in [3.63, 3.8) is 0 Å². The van der Waals surface area contributed by atoms with E-state index in [-0.39, 0.29) is 11.8 Å². The molecule has 4 nitrogen and oxygen atoms in total. The summed E-state index contributed by atoms with van der Waals surface area (Å²) in [6.45, 7) is 5.09. The number of aromatic nitrogens is 2. The quantitative estimate of drug-likeness (QED) is 0.890. The second-order valence-corrected chi connectivity index (χ2v) is 5.68. The lowest BCUT2D eigenvalue weighted by atomic mass is 9.99. The fourth-order valence-corrected chi connectivity index (χ4v) is 2.76. The zero-order chi connectivity index (χ0) is 12.3. The third-order valence-electron chi connectivity index (χ3n) is 3.02. The zero-order valence-electron chi connectivity index (χ0n) is 10.4. The van der Waals surface area contributed by atoms with E-state index in [1.165, 1.54) is 18.0 Å². The summed E-state index contributed by atoms with van der Waals surface area (Å²) in [6.07, 6.45) is 3.73. The molecule has 1 N–H and O–H groups in total. The third-order valence-corrected chi connectivity index (χ3v) is 3.75. The number of Topliss-reactive ketones (excluding diaryl/α,β-unsaturated/α-hetero) is 1. The maximum absolute atomic E-state index is 12.0. The van der Waals surface area contributed by atoms with Crippen molar-refractivity contribution in [3.05, 3.63) is 10.8 Å². The summed E-state index contributed by atoms with van der Waals surface area (Å²) in [6, 6.07) is 0.0372. The van der Waals surface area contributed by atoms with Gasteiger partial charge in [-0.1, -0.05) is 20.3 Å². The third kappa shape index (κ3) is 3.33. The fraction of sp³-hybridized carbons (Fsp3) is 0.750. The van der Waals surface area contributed by atoms with Gasteiger partial charge in [-0.05, 0) is 30.9 Å². The molecule has 1 saturated heterocycles. The van der Waals surface area contributed by atoms with Crippen LogP contribution in [-0.2, 0) is 11.2 Å². The van der Waals surface area contributed by atoms with Crippen molar-refractivity contribution in [2.24, 2.45) is 0 Å². The van der Waals surface area contributed by atoms with Crippen molar-refractivity contribution in [3.8, 4) is 0 Å². The van der Waals surface area contributed by atoms with Gasteiger partial charge in [0.1, 0.15) is 10.8 Å². The Morgan fingerprint density at radius 1 is 1.53 bits per heavy atom. The van der Waals surface area contributed by atoms with Crippen LogP contribution in [0.3, 0.4) is 0 Å². The van der Waals surface area contributed by atoms with Crippen LogP contribution in [0.5, 0.6) is 0 Å². The first-order valence-electron chi connectivity index (χ1n) is 6.25. The van der Waals surface area contributed by atoms with Crippen LogP contribution in [0.25, 0.3) is 0 Å². The number of nitrogens with zero attached hydrogens (tertiary/aromatic N) is 2. The Kier molecular flexibility index (Phi) is 4.23. The van der Waals surface area contributed by atoms with E-state index >= 15 is 0 Å². The molecule has 1 aliphatic rings. The minimum absolute atomic E-state index is 0.0372. The van der Waals surface area contributed by atoms with Crippen LogP contribution in [0.15, 0.2) is 0 Å². The average Bonchev–Trinajstić information content (AvgIpc) is 2.79. The fourth-order valence-electron chi connectivity index (χ4n) is 1.97.